The predicted octanol–water partition coefficient (Wildman–Crippen LogP) is 2.24. The third-order valence-corrected chi connectivity index (χ3v) is 7.34. The van der Waals surface area contributed by atoms with Crippen molar-refractivity contribution in [3.05, 3.63) is 48.5 Å². The molecule has 2 amide bonds. The molecule has 33 heavy (non-hydrogen) atoms. The molecule has 2 aromatic carbocycles. The van der Waals surface area contributed by atoms with Gasteiger partial charge in [0.1, 0.15) is 12.3 Å². The third-order valence-electron chi connectivity index (χ3n) is 5.49. The first-order chi connectivity index (χ1) is 15.7. The van der Waals surface area contributed by atoms with Crippen LogP contribution in [0.15, 0.2) is 53.4 Å². The zero-order valence-corrected chi connectivity index (χ0v) is 19.4. The Morgan fingerprint density at radius 2 is 1.73 bits per heavy atom. The van der Waals surface area contributed by atoms with Crippen molar-refractivity contribution in [1.29, 1.82) is 0 Å². The summed E-state index contributed by atoms with van der Waals surface area (Å²) in [5.41, 5.74) is 0.986. The number of fused-ring (bicyclic) bond motifs is 1. The highest BCUT2D eigenvalue weighted by molar-refractivity contribution is 7.89. The van der Waals surface area contributed by atoms with E-state index in [0.29, 0.717) is 30.2 Å². The minimum Gasteiger partial charge on any atom is -0.491 e. The number of para-hydroxylation sites is 2. The van der Waals surface area contributed by atoms with Crippen LogP contribution < -0.4 is 15.0 Å². The Labute approximate surface area is 193 Å². The molecule has 1 fully saturated rings. The Morgan fingerprint density at radius 1 is 1.06 bits per heavy atom. The van der Waals surface area contributed by atoms with E-state index in [4.69, 9.17) is 9.47 Å². The molecule has 4 rings (SSSR count). The summed E-state index contributed by atoms with van der Waals surface area (Å²) in [4.78, 5) is 26.7. The maximum absolute atomic E-state index is 13.0. The van der Waals surface area contributed by atoms with Crippen LogP contribution in [0, 0.1) is 0 Å². The largest absolute Gasteiger partial charge is 0.491 e. The summed E-state index contributed by atoms with van der Waals surface area (Å²) >= 11 is 0. The average Bonchev–Trinajstić information content (AvgIpc) is 2.92. The summed E-state index contributed by atoms with van der Waals surface area (Å²) in [6.45, 7) is 4.35. The molecule has 2 atom stereocenters. The monoisotopic (exact) mass is 473 g/mol. The smallest absolute Gasteiger partial charge is 0.244 e. The first-order valence-electron chi connectivity index (χ1n) is 10.8. The van der Waals surface area contributed by atoms with E-state index >= 15 is 0 Å². The summed E-state index contributed by atoms with van der Waals surface area (Å²) in [6.07, 6.45) is -0.188. The highest BCUT2D eigenvalue weighted by atomic mass is 32.2. The zero-order chi connectivity index (χ0) is 23.6. The molecule has 2 heterocycles. The Balaban J connectivity index is 1.44. The van der Waals surface area contributed by atoms with Crippen LogP contribution in [0.2, 0.25) is 0 Å². The molecule has 176 valence electrons. The molecule has 9 nitrogen and oxygen atoms in total. The van der Waals surface area contributed by atoms with Gasteiger partial charge in [0.25, 0.3) is 0 Å². The Bertz CT molecular complexity index is 1130. The molecular weight excluding hydrogens is 446 g/mol. The molecule has 2 aliphatic rings. The topological polar surface area (TPSA) is 105 Å². The maximum atomic E-state index is 13.0. The number of ether oxygens (including phenoxy) is 2. The van der Waals surface area contributed by atoms with E-state index in [2.05, 4.69) is 5.32 Å². The van der Waals surface area contributed by atoms with Crippen molar-refractivity contribution in [3.8, 4) is 5.75 Å². The quantitative estimate of drug-likeness (QED) is 0.714. The average molecular weight is 474 g/mol. The van der Waals surface area contributed by atoms with Crippen LogP contribution in [0.4, 0.5) is 11.4 Å². The number of sulfonamides is 1. The molecule has 1 saturated heterocycles. The lowest BCUT2D eigenvalue weighted by atomic mass is 10.2. The lowest BCUT2D eigenvalue weighted by Crippen LogP contribution is -2.48. The number of morpholine rings is 1. The van der Waals surface area contributed by atoms with Crippen LogP contribution in [-0.2, 0) is 24.3 Å². The number of carbonyl (C=O) groups excluding carboxylic acids is 2. The van der Waals surface area contributed by atoms with Crippen LogP contribution in [0.3, 0.4) is 0 Å². The number of hydrogen-bond donors (Lipinski definition) is 1. The van der Waals surface area contributed by atoms with Gasteiger partial charge in [-0.1, -0.05) is 12.1 Å². The van der Waals surface area contributed by atoms with Gasteiger partial charge in [-0.05, 0) is 50.2 Å². The summed E-state index contributed by atoms with van der Waals surface area (Å²) in [5, 5.41) is 2.73. The van der Waals surface area contributed by atoms with Crippen molar-refractivity contribution >= 4 is 33.2 Å². The van der Waals surface area contributed by atoms with Crippen molar-refractivity contribution in [2.24, 2.45) is 0 Å². The molecule has 10 heteroatoms. The van der Waals surface area contributed by atoms with E-state index < -0.39 is 15.9 Å². The van der Waals surface area contributed by atoms with Gasteiger partial charge in [-0.25, -0.2) is 8.42 Å². The van der Waals surface area contributed by atoms with Gasteiger partial charge < -0.3 is 14.8 Å². The molecule has 0 aliphatic carbocycles. The van der Waals surface area contributed by atoms with Crippen molar-refractivity contribution in [2.75, 3.05) is 36.5 Å². The van der Waals surface area contributed by atoms with Crippen molar-refractivity contribution in [2.45, 2.75) is 37.4 Å². The van der Waals surface area contributed by atoms with Gasteiger partial charge in [-0.15, -0.1) is 0 Å². The highest BCUT2D eigenvalue weighted by Gasteiger charge is 2.32. The maximum Gasteiger partial charge on any atom is 0.244 e. The molecule has 0 radical (unpaired) electrons. The lowest BCUT2D eigenvalue weighted by molar-refractivity contribution is -0.121. The van der Waals surface area contributed by atoms with Crippen LogP contribution in [-0.4, -0.2) is 63.0 Å². The number of anilines is 2. The van der Waals surface area contributed by atoms with Gasteiger partial charge in [0.2, 0.25) is 21.8 Å². The van der Waals surface area contributed by atoms with Crippen LogP contribution in [0.5, 0.6) is 5.75 Å². The summed E-state index contributed by atoms with van der Waals surface area (Å²) < 4.78 is 38.6. The highest BCUT2D eigenvalue weighted by Crippen LogP contribution is 2.31. The van der Waals surface area contributed by atoms with E-state index in [1.54, 1.807) is 36.4 Å². The molecule has 0 unspecified atom stereocenters. The second kappa shape index (κ2) is 9.50. The van der Waals surface area contributed by atoms with E-state index in [0.717, 1.165) is 0 Å². The van der Waals surface area contributed by atoms with E-state index in [1.807, 2.05) is 13.8 Å². The summed E-state index contributed by atoms with van der Waals surface area (Å²) in [5.74, 6) is -0.0468. The molecule has 1 N–H and O–H groups in total. The molecule has 2 aliphatic heterocycles. The van der Waals surface area contributed by atoms with Crippen LogP contribution in [0.1, 0.15) is 20.3 Å². The fourth-order valence-corrected chi connectivity index (χ4v) is 5.61. The van der Waals surface area contributed by atoms with Gasteiger partial charge in [-0.2, -0.15) is 4.31 Å². The van der Waals surface area contributed by atoms with Crippen molar-refractivity contribution in [3.63, 3.8) is 0 Å². The Morgan fingerprint density at radius 3 is 2.42 bits per heavy atom. The molecule has 2 aromatic rings. The number of carbonyl (C=O) groups is 2. The SMILES string of the molecule is C[C@@H]1CN(S(=O)(=O)c2ccc(NC(=O)CN3C(=O)CCOc4ccccc43)cc2)C[C@@H](C)O1. The molecule has 0 spiro atoms. The Kier molecular flexibility index (Phi) is 6.68. The second-order valence-electron chi connectivity index (χ2n) is 8.20. The molecular formula is C23H27N3O6S. The normalized spacial score (nSPS) is 21.6. The van der Waals surface area contributed by atoms with Gasteiger partial charge in [0.05, 0.1) is 35.8 Å². The molecule has 0 bridgehead atoms. The number of benzene rings is 2. The molecule has 0 aromatic heterocycles. The van der Waals surface area contributed by atoms with Crippen LogP contribution in [0.25, 0.3) is 0 Å². The minimum absolute atomic E-state index is 0.149. The number of nitrogens with zero attached hydrogens (tertiary/aromatic N) is 2. The lowest BCUT2D eigenvalue weighted by Gasteiger charge is -2.34. The van der Waals surface area contributed by atoms with Gasteiger partial charge in [-0.3, -0.25) is 14.5 Å². The standard InChI is InChI=1S/C23H27N3O6S/c1-16-13-25(14-17(2)32-16)33(29,30)19-9-7-18(8-10-19)24-22(27)15-26-20-5-3-4-6-21(20)31-12-11-23(26)28/h3-10,16-17H,11-15H2,1-2H3,(H,24,27)/t16-,17-/m1/s1. The zero-order valence-electron chi connectivity index (χ0n) is 18.6. The number of amides is 2. The minimum atomic E-state index is -3.67. The van der Waals surface area contributed by atoms with E-state index in [1.165, 1.54) is 21.3 Å². The van der Waals surface area contributed by atoms with Crippen molar-refractivity contribution < 1.29 is 27.5 Å². The molecule has 0 saturated carbocycles. The Hall–Kier alpha value is -2.95. The van der Waals surface area contributed by atoms with Gasteiger partial charge >= 0.3 is 0 Å². The third kappa shape index (κ3) is 5.18. The van der Waals surface area contributed by atoms with Crippen molar-refractivity contribution in [1.82, 2.24) is 4.31 Å². The van der Waals surface area contributed by atoms with Gasteiger partial charge in [0, 0.05) is 18.8 Å². The number of hydrogen-bond acceptors (Lipinski definition) is 6. The predicted molar refractivity (Wildman–Crippen MR) is 123 cm³/mol. The first-order valence-corrected chi connectivity index (χ1v) is 12.3. The fourth-order valence-electron chi connectivity index (χ4n) is 4.02. The summed E-state index contributed by atoms with van der Waals surface area (Å²) in [6, 6.07) is 13.1. The fraction of sp³-hybridized carbons (Fsp3) is 0.391. The van der Waals surface area contributed by atoms with E-state index in [-0.39, 0.29) is 42.6 Å². The number of nitrogens with one attached hydrogen (secondary N) is 1. The second-order valence-corrected chi connectivity index (χ2v) is 10.1. The van der Waals surface area contributed by atoms with Gasteiger partial charge in [0.15, 0.2) is 0 Å². The first kappa shape index (κ1) is 23.2. The van der Waals surface area contributed by atoms with Crippen LogP contribution >= 0.6 is 0 Å². The van der Waals surface area contributed by atoms with E-state index in [9.17, 15) is 18.0 Å². The summed E-state index contributed by atoms with van der Waals surface area (Å²) in [7, 11) is -3.67. The number of rotatable bonds is 5.